The van der Waals surface area contributed by atoms with E-state index in [2.05, 4.69) is 33.7 Å². The van der Waals surface area contributed by atoms with Gasteiger partial charge in [-0.05, 0) is 19.5 Å². The lowest BCUT2D eigenvalue weighted by atomic mass is 10.1. The average molecular weight is 248 g/mol. The lowest BCUT2D eigenvalue weighted by Gasteiger charge is -2.16. The maximum absolute atomic E-state index is 4.40. The summed E-state index contributed by atoms with van der Waals surface area (Å²) in [6.45, 7) is 5.02. The molecule has 6 heteroatoms. The molecule has 18 heavy (non-hydrogen) atoms. The van der Waals surface area contributed by atoms with Crippen molar-refractivity contribution in [3.8, 4) is 0 Å². The van der Waals surface area contributed by atoms with E-state index in [1.54, 1.807) is 4.68 Å². The molecule has 0 aromatic carbocycles. The zero-order valence-corrected chi connectivity index (χ0v) is 11.4. The topological polar surface area (TPSA) is 60.6 Å². The first-order valence-corrected chi connectivity index (χ1v) is 6.19. The first kappa shape index (κ1) is 12.8. The Morgan fingerprint density at radius 1 is 1.39 bits per heavy atom. The number of rotatable bonds is 5. The normalized spacial score (nSPS) is 12.9. The van der Waals surface area contributed by atoms with Crippen LogP contribution in [-0.4, -0.2) is 31.3 Å². The highest BCUT2D eigenvalue weighted by Crippen LogP contribution is 2.17. The third-order valence-electron chi connectivity index (χ3n) is 2.91. The second kappa shape index (κ2) is 5.30. The number of aromatic nitrogens is 5. The lowest BCUT2D eigenvalue weighted by molar-refractivity contribution is 0.503. The monoisotopic (exact) mass is 248 g/mol. The number of hydrogen-bond acceptors (Lipinski definition) is 4. The standard InChI is InChI=1S/C12H20N6/c1-5-13-11(7-10-8-17(3)16-14-10)12-6-9(2)15-18(12)4/h6,8,11,13H,5,7H2,1-4H3. The van der Waals surface area contributed by atoms with Gasteiger partial charge in [-0.2, -0.15) is 5.10 Å². The summed E-state index contributed by atoms with van der Waals surface area (Å²) >= 11 is 0. The van der Waals surface area contributed by atoms with E-state index < -0.39 is 0 Å². The van der Waals surface area contributed by atoms with E-state index >= 15 is 0 Å². The predicted molar refractivity (Wildman–Crippen MR) is 69.1 cm³/mol. The minimum absolute atomic E-state index is 0.220. The largest absolute Gasteiger partial charge is 0.309 e. The Labute approximate surface area is 107 Å². The molecule has 0 aliphatic heterocycles. The van der Waals surface area contributed by atoms with Gasteiger partial charge in [-0.25, -0.2) is 0 Å². The molecular weight excluding hydrogens is 228 g/mol. The number of hydrogen-bond donors (Lipinski definition) is 1. The summed E-state index contributed by atoms with van der Waals surface area (Å²) in [4.78, 5) is 0. The van der Waals surface area contributed by atoms with Crippen LogP contribution in [0.1, 0.15) is 30.0 Å². The van der Waals surface area contributed by atoms with Gasteiger partial charge in [0.2, 0.25) is 0 Å². The highest BCUT2D eigenvalue weighted by molar-refractivity contribution is 5.15. The van der Waals surface area contributed by atoms with Gasteiger partial charge in [0.1, 0.15) is 0 Å². The van der Waals surface area contributed by atoms with E-state index in [9.17, 15) is 0 Å². The Balaban J connectivity index is 2.20. The van der Waals surface area contributed by atoms with Crippen LogP contribution < -0.4 is 5.32 Å². The van der Waals surface area contributed by atoms with Gasteiger partial charge >= 0.3 is 0 Å². The summed E-state index contributed by atoms with van der Waals surface area (Å²) in [5.74, 6) is 0. The van der Waals surface area contributed by atoms with Gasteiger partial charge in [0.25, 0.3) is 0 Å². The molecule has 0 aliphatic rings. The van der Waals surface area contributed by atoms with Gasteiger partial charge in [0, 0.05) is 26.7 Å². The maximum Gasteiger partial charge on any atom is 0.0846 e. The Bertz CT molecular complexity index is 512. The van der Waals surface area contributed by atoms with E-state index in [-0.39, 0.29) is 6.04 Å². The van der Waals surface area contributed by atoms with Crippen molar-refractivity contribution in [3.63, 3.8) is 0 Å². The molecule has 1 unspecified atom stereocenters. The molecule has 2 aromatic rings. The van der Waals surface area contributed by atoms with Crippen LogP contribution in [0.25, 0.3) is 0 Å². The molecule has 0 fully saturated rings. The van der Waals surface area contributed by atoms with Crippen molar-refractivity contribution in [2.45, 2.75) is 26.3 Å². The fraction of sp³-hybridized carbons (Fsp3) is 0.583. The zero-order chi connectivity index (χ0) is 13.1. The van der Waals surface area contributed by atoms with Crippen LogP contribution in [0.3, 0.4) is 0 Å². The van der Waals surface area contributed by atoms with Crippen molar-refractivity contribution in [2.24, 2.45) is 14.1 Å². The molecule has 98 valence electrons. The van der Waals surface area contributed by atoms with Crippen LogP contribution in [0.5, 0.6) is 0 Å². The van der Waals surface area contributed by atoms with Crippen molar-refractivity contribution < 1.29 is 0 Å². The molecule has 0 spiro atoms. The van der Waals surface area contributed by atoms with E-state index in [1.165, 1.54) is 5.69 Å². The van der Waals surface area contributed by atoms with Crippen LogP contribution >= 0.6 is 0 Å². The molecule has 6 nitrogen and oxygen atoms in total. The molecule has 0 aliphatic carbocycles. The molecule has 0 radical (unpaired) electrons. The van der Waals surface area contributed by atoms with Crippen molar-refractivity contribution in [2.75, 3.05) is 6.54 Å². The molecule has 2 aromatic heterocycles. The summed E-state index contributed by atoms with van der Waals surface area (Å²) in [6.07, 6.45) is 2.77. The molecule has 0 saturated heterocycles. The smallest absolute Gasteiger partial charge is 0.0846 e. The molecule has 1 N–H and O–H groups in total. The quantitative estimate of drug-likeness (QED) is 0.848. The Morgan fingerprint density at radius 3 is 2.67 bits per heavy atom. The zero-order valence-electron chi connectivity index (χ0n) is 11.4. The van der Waals surface area contributed by atoms with Gasteiger partial charge in [-0.3, -0.25) is 9.36 Å². The first-order chi connectivity index (χ1) is 8.60. The van der Waals surface area contributed by atoms with Crippen LogP contribution in [0.4, 0.5) is 0 Å². The number of aryl methyl sites for hydroxylation is 3. The summed E-state index contributed by atoms with van der Waals surface area (Å²) in [6, 6.07) is 2.34. The van der Waals surface area contributed by atoms with Crippen molar-refractivity contribution in [1.82, 2.24) is 30.1 Å². The molecule has 0 saturated carbocycles. The SMILES string of the molecule is CCNC(Cc1cn(C)nn1)c1cc(C)nn1C. The Morgan fingerprint density at radius 2 is 2.17 bits per heavy atom. The van der Waals surface area contributed by atoms with Gasteiger partial charge in [0.15, 0.2) is 0 Å². The minimum Gasteiger partial charge on any atom is -0.309 e. The van der Waals surface area contributed by atoms with E-state index in [0.717, 1.165) is 24.4 Å². The fourth-order valence-corrected chi connectivity index (χ4v) is 2.18. The summed E-state index contributed by atoms with van der Waals surface area (Å²) < 4.78 is 3.66. The second-order valence-electron chi connectivity index (χ2n) is 4.53. The summed E-state index contributed by atoms with van der Waals surface area (Å²) in [7, 11) is 3.86. The first-order valence-electron chi connectivity index (χ1n) is 6.19. The fourth-order valence-electron chi connectivity index (χ4n) is 2.18. The lowest BCUT2D eigenvalue weighted by Crippen LogP contribution is -2.25. The number of nitrogens with one attached hydrogen (secondary N) is 1. The molecule has 0 amide bonds. The van der Waals surface area contributed by atoms with E-state index in [4.69, 9.17) is 0 Å². The maximum atomic E-state index is 4.40. The Kier molecular flexibility index (Phi) is 3.76. The number of likely N-dealkylation sites (N-methyl/N-ethyl adjacent to an activating group) is 1. The van der Waals surface area contributed by atoms with E-state index in [0.29, 0.717) is 0 Å². The second-order valence-corrected chi connectivity index (χ2v) is 4.53. The Hall–Kier alpha value is -1.69. The highest BCUT2D eigenvalue weighted by atomic mass is 15.4. The van der Waals surface area contributed by atoms with Crippen LogP contribution in [-0.2, 0) is 20.5 Å². The third kappa shape index (κ3) is 2.76. The number of nitrogens with zero attached hydrogens (tertiary/aromatic N) is 5. The van der Waals surface area contributed by atoms with Crippen LogP contribution in [0, 0.1) is 6.92 Å². The summed E-state index contributed by atoms with van der Waals surface area (Å²) in [5.41, 5.74) is 3.21. The van der Waals surface area contributed by atoms with Crippen molar-refractivity contribution in [1.29, 1.82) is 0 Å². The van der Waals surface area contributed by atoms with E-state index in [1.807, 2.05) is 31.9 Å². The summed E-state index contributed by atoms with van der Waals surface area (Å²) in [5, 5.41) is 16.0. The molecule has 2 rings (SSSR count). The molecule has 0 bridgehead atoms. The average Bonchev–Trinajstić information content (AvgIpc) is 2.84. The van der Waals surface area contributed by atoms with Gasteiger partial charge in [-0.15, -0.1) is 5.10 Å². The van der Waals surface area contributed by atoms with Gasteiger partial charge in [0.05, 0.1) is 23.1 Å². The third-order valence-corrected chi connectivity index (χ3v) is 2.91. The van der Waals surface area contributed by atoms with Gasteiger partial charge in [-0.1, -0.05) is 12.1 Å². The molecular formula is C12H20N6. The predicted octanol–water partition coefficient (Wildman–Crippen LogP) is 0.750. The molecule has 1 atom stereocenters. The van der Waals surface area contributed by atoms with Gasteiger partial charge < -0.3 is 5.32 Å². The van der Waals surface area contributed by atoms with Crippen molar-refractivity contribution in [3.05, 3.63) is 29.3 Å². The minimum atomic E-state index is 0.220. The van der Waals surface area contributed by atoms with Crippen LogP contribution in [0.2, 0.25) is 0 Å². The van der Waals surface area contributed by atoms with Crippen molar-refractivity contribution >= 4 is 0 Å². The molecule has 2 heterocycles. The highest BCUT2D eigenvalue weighted by Gasteiger charge is 2.17. The van der Waals surface area contributed by atoms with Crippen LogP contribution in [0.15, 0.2) is 12.3 Å².